The van der Waals surface area contributed by atoms with E-state index in [0.29, 0.717) is 4.88 Å². The molecule has 2 N–H and O–H groups in total. The number of thiophene rings is 1. The van der Waals surface area contributed by atoms with E-state index in [4.69, 9.17) is 0 Å². The van der Waals surface area contributed by atoms with Crippen LogP contribution in [0, 0.1) is 6.92 Å². The van der Waals surface area contributed by atoms with Crippen LogP contribution in [-0.2, 0) is 9.59 Å². The molecule has 1 aliphatic carbocycles. The lowest BCUT2D eigenvalue weighted by atomic mass is 9.98. The SMILES string of the molecule is C=CCN(C(=O)CNC(=O)c1cccs1)[C@@H](C(=O)NC1CCCC1)c1ccccc1C. The summed E-state index contributed by atoms with van der Waals surface area (Å²) in [6.07, 6.45) is 5.72. The zero-order valence-corrected chi connectivity index (χ0v) is 18.6. The van der Waals surface area contributed by atoms with E-state index in [-0.39, 0.29) is 36.9 Å². The molecule has 6 nitrogen and oxygen atoms in total. The average Bonchev–Trinajstić information content (AvgIpc) is 3.47. The minimum absolute atomic E-state index is 0.137. The van der Waals surface area contributed by atoms with E-state index in [0.717, 1.165) is 36.8 Å². The molecule has 164 valence electrons. The summed E-state index contributed by atoms with van der Waals surface area (Å²) in [7, 11) is 0. The van der Waals surface area contributed by atoms with Crippen molar-refractivity contribution in [1.82, 2.24) is 15.5 Å². The van der Waals surface area contributed by atoms with Crippen molar-refractivity contribution in [2.24, 2.45) is 0 Å². The first-order chi connectivity index (χ1) is 15.0. The van der Waals surface area contributed by atoms with Gasteiger partial charge in [-0.1, -0.05) is 49.2 Å². The van der Waals surface area contributed by atoms with Crippen molar-refractivity contribution in [3.05, 3.63) is 70.4 Å². The molecular weight excluding hydrogens is 410 g/mol. The molecule has 3 amide bonds. The summed E-state index contributed by atoms with van der Waals surface area (Å²) in [4.78, 5) is 40.8. The second kappa shape index (κ2) is 10.9. The van der Waals surface area contributed by atoms with Gasteiger partial charge in [0, 0.05) is 12.6 Å². The van der Waals surface area contributed by atoms with Crippen molar-refractivity contribution in [3.8, 4) is 0 Å². The summed E-state index contributed by atoms with van der Waals surface area (Å²) in [6, 6.07) is 10.4. The van der Waals surface area contributed by atoms with Gasteiger partial charge in [-0.2, -0.15) is 0 Å². The van der Waals surface area contributed by atoms with Crippen LogP contribution >= 0.6 is 11.3 Å². The predicted molar refractivity (Wildman–Crippen MR) is 123 cm³/mol. The Bertz CT molecular complexity index is 920. The van der Waals surface area contributed by atoms with E-state index >= 15 is 0 Å². The molecule has 0 saturated heterocycles. The zero-order valence-electron chi connectivity index (χ0n) is 17.8. The summed E-state index contributed by atoms with van der Waals surface area (Å²) in [5, 5.41) is 7.61. The Morgan fingerprint density at radius 1 is 1.19 bits per heavy atom. The zero-order chi connectivity index (χ0) is 22.2. The molecule has 0 bridgehead atoms. The van der Waals surface area contributed by atoms with Crippen LogP contribution in [0.3, 0.4) is 0 Å². The molecule has 1 aliphatic rings. The average molecular weight is 440 g/mol. The van der Waals surface area contributed by atoms with Crippen LogP contribution in [0.15, 0.2) is 54.4 Å². The Morgan fingerprint density at radius 3 is 2.58 bits per heavy atom. The summed E-state index contributed by atoms with van der Waals surface area (Å²) in [5.41, 5.74) is 1.70. The number of aryl methyl sites for hydroxylation is 1. The van der Waals surface area contributed by atoms with Gasteiger partial charge < -0.3 is 15.5 Å². The molecule has 1 fully saturated rings. The van der Waals surface area contributed by atoms with Gasteiger partial charge in [0.2, 0.25) is 11.8 Å². The number of rotatable bonds is 9. The van der Waals surface area contributed by atoms with Crippen LogP contribution in [0.4, 0.5) is 0 Å². The van der Waals surface area contributed by atoms with Crippen LogP contribution in [0.25, 0.3) is 0 Å². The molecule has 7 heteroatoms. The molecule has 1 aromatic heterocycles. The van der Waals surface area contributed by atoms with Crippen LogP contribution in [0.2, 0.25) is 0 Å². The number of nitrogens with one attached hydrogen (secondary N) is 2. The Morgan fingerprint density at radius 2 is 1.94 bits per heavy atom. The summed E-state index contributed by atoms with van der Waals surface area (Å²) in [5.74, 6) is -0.828. The molecule has 0 aliphatic heterocycles. The highest BCUT2D eigenvalue weighted by Gasteiger charge is 2.33. The smallest absolute Gasteiger partial charge is 0.261 e. The fourth-order valence-corrected chi connectivity index (χ4v) is 4.58. The second-order valence-electron chi connectivity index (χ2n) is 7.74. The van der Waals surface area contributed by atoms with E-state index in [2.05, 4.69) is 17.2 Å². The van der Waals surface area contributed by atoms with Crippen molar-refractivity contribution in [2.75, 3.05) is 13.1 Å². The number of amides is 3. The van der Waals surface area contributed by atoms with Crippen LogP contribution in [0.1, 0.15) is 52.5 Å². The standard InChI is InChI=1S/C24H29N3O3S/c1-3-14-27(21(28)16-25-23(29)20-13-8-15-31-20)22(19-12-7-4-9-17(19)2)24(30)26-18-10-5-6-11-18/h3-4,7-9,12-13,15,18,22H,1,5-6,10-11,14,16H2,2H3,(H,25,29)(H,26,30)/t22-/m1/s1. The van der Waals surface area contributed by atoms with Gasteiger partial charge in [-0.25, -0.2) is 0 Å². The van der Waals surface area contributed by atoms with Crippen LogP contribution in [-0.4, -0.2) is 41.8 Å². The second-order valence-corrected chi connectivity index (χ2v) is 8.69. The number of carbonyl (C=O) groups is 3. The van der Waals surface area contributed by atoms with E-state index in [1.54, 1.807) is 18.2 Å². The Kier molecular flexibility index (Phi) is 8.00. The molecule has 1 heterocycles. The monoisotopic (exact) mass is 439 g/mol. The maximum atomic E-state index is 13.4. The van der Waals surface area contributed by atoms with Gasteiger partial charge in [0.05, 0.1) is 11.4 Å². The minimum atomic E-state index is -0.786. The van der Waals surface area contributed by atoms with E-state index < -0.39 is 6.04 Å². The van der Waals surface area contributed by atoms with Crippen molar-refractivity contribution < 1.29 is 14.4 Å². The highest BCUT2D eigenvalue weighted by atomic mass is 32.1. The molecule has 31 heavy (non-hydrogen) atoms. The lowest BCUT2D eigenvalue weighted by molar-refractivity contribution is -0.139. The third kappa shape index (κ3) is 5.82. The van der Waals surface area contributed by atoms with E-state index in [9.17, 15) is 14.4 Å². The predicted octanol–water partition coefficient (Wildman–Crippen LogP) is 3.60. The van der Waals surface area contributed by atoms with E-state index in [1.165, 1.54) is 16.2 Å². The molecule has 1 saturated carbocycles. The highest BCUT2D eigenvalue weighted by Crippen LogP contribution is 2.26. The first kappa shape index (κ1) is 22.7. The molecule has 1 aromatic carbocycles. The third-order valence-corrected chi connectivity index (χ3v) is 6.40. The molecule has 1 atom stereocenters. The number of hydrogen-bond donors (Lipinski definition) is 2. The highest BCUT2D eigenvalue weighted by molar-refractivity contribution is 7.12. The molecule has 3 rings (SSSR count). The minimum Gasteiger partial charge on any atom is -0.351 e. The molecule has 0 unspecified atom stereocenters. The fraction of sp³-hybridized carbons (Fsp3) is 0.375. The van der Waals surface area contributed by atoms with Crippen molar-refractivity contribution in [1.29, 1.82) is 0 Å². The molecular formula is C24H29N3O3S. The van der Waals surface area contributed by atoms with Crippen LogP contribution in [0.5, 0.6) is 0 Å². The summed E-state index contributed by atoms with van der Waals surface area (Å²) < 4.78 is 0. The van der Waals surface area contributed by atoms with Gasteiger partial charge in [0.1, 0.15) is 6.04 Å². The quantitative estimate of drug-likeness (QED) is 0.586. The fourth-order valence-electron chi connectivity index (χ4n) is 3.94. The van der Waals surface area contributed by atoms with Gasteiger partial charge in [0.25, 0.3) is 5.91 Å². The third-order valence-electron chi connectivity index (χ3n) is 5.54. The van der Waals surface area contributed by atoms with Crippen molar-refractivity contribution >= 4 is 29.1 Å². The topological polar surface area (TPSA) is 78.5 Å². The Labute approximate surface area is 187 Å². The first-order valence-electron chi connectivity index (χ1n) is 10.6. The summed E-state index contributed by atoms with van der Waals surface area (Å²) >= 11 is 1.31. The van der Waals surface area contributed by atoms with E-state index in [1.807, 2.05) is 36.6 Å². The van der Waals surface area contributed by atoms with Gasteiger partial charge in [-0.3, -0.25) is 14.4 Å². The van der Waals surface area contributed by atoms with Crippen LogP contribution < -0.4 is 10.6 Å². The molecule has 2 aromatic rings. The number of hydrogen-bond acceptors (Lipinski definition) is 4. The van der Waals surface area contributed by atoms with Gasteiger partial charge in [0.15, 0.2) is 0 Å². The number of carbonyl (C=O) groups excluding carboxylic acids is 3. The van der Waals surface area contributed by atoms with Crippen molar-refractivity contribution in [3.63, 3.8) is 0 Å². The van der Waals surface area contributed by atoms with Gasteiger partial charge >= 0.3 is 0 Å². The van der Waals surface area contributed by atoms with Gasteiger partial charge in [-0.15, -0.1) is 17.9 Å². The normalized spacial score (nSPS) is 14.6. The maximum Gasteiger partial charge on any atom is 0.261 e. The first-order valence-corrected chi connectivity index (χ1v) is 11.5. The Hall–Kier alpha value is -2.93. The van der Waals surface area contributed by atoms with Gasteiger partial charge in [-0.05, 0) is 42.3 Å². The number of nitrogens with zero attached hydrogens (tertiary/aromatic N) is 1. The van der Waals surface area contributed by atoms with Crippen molar-refractivity contribution in [2.45, 2.75) is 44.7 Å². The number of benzene rings is 1. The summed E-state index contributed by atoms with van der Waals surface area (Å²) in [6.45, 7) is 5.71. The lowest BCUT2D eigenvalue weighted by Gasteiger charge is -2.32. The lowest BCUT2D eigenvalue weighted by Crippen LogP contribution is -2.49. The Balaban J connectivity index is 1.82. The maximum absolute atomic E-state index is 13.4. The largest absolute Gasteiger partial charge is 0.351 e. The molecule has 0 radical (unpaired) electrons. The molecule has 0 spiro atoms.